The van der Waals surface area contributed by atoms with Crippen LogP contribution in [-0.2, 0) is 0 Å². The van der Waals surface area contributed by atoms with Gasteiger partial charge in [-0.3, -0.25) is 0 Å². The Morgan fingerprint density at radius 3 is 2.52 bits per heavy atom. The highest BCUT2D eigenvalue weighted by molar-refractivity contribution is 9.10. The van der Waals surface area contributed by atoms with Crippen LogP contribution in [0.2, 0.25) is 0 Å². The molecular formula is C16H16BrNO3. The summed E-state index contributed by atoms with van der Waals surface area (Å²) in [6.07, 6.45) is -0.607. The molecule has 0 aromatic heterocycles. The fourth-order valence-electron chi connectivity index (χ4n) is 2.17. The van der Waals surface area contributed by atoms with Gasteiger partial charge in [0.05, 0.1) is 6.10 Å². The van der Waals surface area contributed by atoms with Crippen molar-refractivity contribution in [3.8, 4) is 11.5 Å². The molecule has 1 unspecified atom stereocenters. The molecule has 110 valence electrons. The largest absolute Gasteiger partial charge is 0.486 e. The second-order valence-electron chi connectivity index (χ2n) is 4.81. The third-order valence-electron chi connectivity index (χ3n) is 3.29. The molecule has 2 aromatic rings. The van der Waals surface area contributed by atoms with E-state index in [9.17, 15) is 5.11 Å². The van der Waals surface area contributed by atoms with Gasteiger partial charge in [-0.2, -0.15) is 0 Å². The van der Waals surface area contributed by atoms with Crippen LogP contribution in [0.1, 0.15) is 11.7 Å². The van der Waals surface area contributed by atoms with Crippen molar-refractivity contribution in [2.24, 2.45) is 0 Å². The maximum Gasteiger partial charge on any atom is 0.161 e. The summed E-state index contributed by atoms with van der Waals surface area (Å²) in [7, 11) is 0. The Balaban J connectivity index is 1.65. The number of aliphatic hydroxyl groups is 1. The molecule has 2 aromatic carbocycles. The SMILES string of the molecule is OC(CNc1ccc(Br)cc1)c1ccc2c(c1)OCCO2. The second kappa shape index (κ2) is 6.37. The van der Waals surface area contributed by atoms with Gasteiger partial charge in [0.15, 0.2) is 11.5 Å². The molecule has 1 aliphatic rings. The number of anilines is 1. The lowest BCUT2D eigenvalue weighted by Crippen LogP contribution is -2.16. The number of ether oxygens (including phenoxy) is 2. The predicted octanol–water partition coefficient (Wildman–Crippen LogP) is 3.37. The van der Waals surface area contributed by atoms with Gasteiger partial charge < -0.3 is 19.9 Å². The average molecular weight is 350 g/mol. The first kappa shape index (κ1) is 14.2. The number of hydrogen-bond donors (Lipinski definition) is 2. The molecule has 1 atom stereocenters. The van der Waals surface area contributed by atoms with Gasteiger partial charge in [-0.15, -0.1) is 0 Å². The zero-order valence-corrected chi connectivity index (χ0v) is 13.0. The monoisotopic (exact) mass is 349 g/mol. The van der Waals surface area contributed by atoms with E-state index < -0.39 is 6.10 Å². The molecule has 0 amide bonds. The normalized spacial score (nSPS) is 14.6. The first-order chi connectivity index (χ1) is 10.2. The van der Waals surface area contributed by atoms with E-state index in [4.69, 9.17) is 9.47 Å². The molecule has 1 aliphatic heterocycles. The Labute approximate surface area is 131 Å². The van der Waals surface area contributed by atoms with E-state index in [2.05, 4.69) is 21.2 Å². The Morgan fingerprint density at radius 1 is 1.05 bits per heavy atom. The first-order valence-electron chi connectivity index (χ1n) is 6.79. The van der Waals surface area contributed by atoms with Crippen LogP contribution in [-0.4, -0.2) is 24.9 Å². The van der Waals surface area contributed by atoms with Crippen molar-refractivity contribution in [3.63, 3.8) is 0 Å². The van der Waals surface area contributed by atoms with Crippen LogP contribution in [0.3, 0.4) is 0 Å². The standard InChI is InChI=1S/C16H16BrNO3/c17-12-2-4-13(5-3-12)18-10-14(19)11-1-6-15-16(9-11)21-8-7-20-15/h1-6,9,14,18-19H,7-8,10H2. The molecule has 0 bridgehead atoms. The zero-order chi connectivity index (χ0) is 14.7. The van der Waals surface area contributed by atoms with Crippen LogP contribution in [0.15, 0.2) is 46.9 Å². The minimum atomic E-state index is -0.607. The maximum absolute atomic E-state index is 10.3. The molecule has 0 saturated heterocycles. The van der Waals surface area contributed by atoms with Crippen LogP contribution in [0, 0.1) is 0 Å². The van der Waals surface area contributed by atoms with Crippen LogP contribution in [0.5, 0.6) is 11.5 Å². The number of nitrogens with one attached hydrogen (secondary N) is 1. The van der Waals surface area contributed by atoms with Crippen LogP contribution < -0.4 is 14.8 Å². The third kappa shape index (κ3) is 3.49. The summed E-state index contributed by atoms with van der Waals surface area (Å²) in [5.41, 5.74) is 1.78. The van der Waals surface area contributed by atoms with Crippen molar-refractivity contribution in [1.29, 1.82) is 0 Å². The predicted molar refractivity (Wildman–Crippen MR) is 85.0 cm³/mol. The van der Waals surface area contributed by atoms with E-state index in [1.807, 2.05) is 42.5 Å². The van der Waals surface area contributed by atoms with Gasteiger partial charge >= 0.3 is 0 Å². The van der Waals surface area contributed by atoms with Crippen LogP contribution in [0.25, 0.3) is 0 Å². The Hall–Kier alpha value is -1.72. The van der Waals surface area contributed by atoms with E-state index in [1.165, 1.54) is 0 Å². The summed E-state index contributed by atoms with van der Waals surface area (Å²) >= 11 is 3.39. The molecule has 0 aliphatic carbocycles. The summed E-state index contributed by atoms with van der Waals surface area (Å²) in [6, 6.07) is 13.4. The topological polar surface area (TPSA) is 50.7 Å². The first-order valence-corrected chi connectivity index (χ1v) is 7.59. The van der Waals surface area contributed by atoms with Gasteiger partial charge in [-0.05, 0) is 42.0 Å². The van der Waals surface area contributed by atoms with E-state index in [1.54, 1.807) is 0 Å². The second-order valence-corrected chi connectivity index (χ2v) is 5.72. The van der Waals surface area contributed by atoms with Crippen LogP contribution >= 0.6 is 15.9 Å². The summed E-state index contributed by atoms with van der Waals surface area (Å²) in [5.74, 6) is 1.43. The summed E-state index contributed by atoms with van der Waals surface area (Å²) in [5, 5.41) is 13.5. The van der Waals surface area contributed by atoms with Crippen molar-refractivity contribution < 1.29 is 14.6 Å². The summed E-state index contributed by atoms with van der Waals surface area (Å²) in [4.78, 5) is 0. The van der Waals surface area contributed by atoms with Crippen molar-refractivity contribution in [2.45, 2.75) is 6.10 Å². The van der Waals surface area contributed by atoms with Gasteiger partial charge in [-0.1, -0.05) is 22.0 Å². The van der Waals surface area contributed by atoms with E-state index >= 15 is 0 Å². The number of hydrogen-bond acceptors (Lipinski definition) is 4. The zero-order valence-electron chi connectivity index (χ0n) is 11.4. The molecule has 21 heavy (non-hydrogen) atoms. The molecule has 0 radical (unpaired) electrons. The molecule has 4 nitrogen and oxygen atoms in total. The molecule has 5 heteroatoms. The smallest absolute Gasteiger partial charge is 0.161 e. The van der Waals surface area contributed by atoms with Crippen molar-refractivity contribution in [2.75, 3.05) is 25.1 Å². The van der Waals surface area contributed by atoms with Crippen molar-refractivity contribution in [1.82, 2.24) is 0 Å². The molecule has 2 N–H and O–H groups in total. The van der Waals surface area contributed by atoms with Crippen molar-refractivity contribution >= 4 is 21.6 Å². The molecule has 0 saturated carbocycles. The molecule has 0 fully saturated rings. The van der Waals surface area contributed by atoms with Gasteiger partial charge in [0.1, 0.15) is 13.2 Å². The fraction of sp³-hybridized carbons (Fsp3) is 0.250. The molecule has 0 spiro atoms. The maximum atomic E-state index is 10.3. The number of benzene rings is 2. The van der Waals surface area contributed by atoms with Crippen molar-refractivity contribution in [3.05, 3.63) is 52.5 Å². The lowest BCUT2D eigenvalue weighted by molar-refractivity contribution is 0.167. The number of halogens is 1. The third-order valence-corrected chi connectivity index (χ3v) is 3.82. The number of aliphatic hydroxyl groups excluding tert-OH is 1. The number of fused-ring (bicyclic) bond motifs is 1. The summed E-state index contributed by atoms with van der Waals surface area (Å²) in [6.45, 7) is 1.55. The van der Waals surface area contributed by atoms with Gasteiger partial charge in [0.25, 0.3) is 0 Å². The van der Waals surface area contributed by atoms with E-state index in [0.29, 0.717) is 25.5 Å². The van der Waals surface area contributed by atoms with Gasteiger partial charge in [0, 0.05) is 16.7 Å². The van der Waals surface area contributed by atoms with Gasteiger partial charge in [-0.25, -0.2) is 0 Å². The lowest BCUT2D eigenvalue weighted by Gasteiger charge is -2.20. The molecular weight excluding hydrogens is 334 g/mol. The average Bonchev–Trinajstić information content (AvgIpc) is 2.53. The quantitative estimate of drug-likeness (QED) is 0.888. The minimum Gasteiger partial charge on any atom is -0.486 e. The lowest BCUT2D eigenvalue weighted by atomic mass is 10.1. The van der Waals surface area contributed by atoms with E-state index in [0.717, 1.165) is 21.5 Å². The van der Waals surface area contributed by atoms with E-state index in [-0.39, 0.29) is 0 Å². The van der Waals surface area contributed by atoms with Crippen LogP contribution in [0.4, 0.5) is 5.69 Å². The molecule has 1 heterocycles. The highest BCUT2D eigenvalue weighted by Gasteiger charge is 2.15. The molecule has 3 rings (SSSR count). The van der Waals surface area contributed by atoms with Gasteiger partial charge in [0.2, 0.25) is 0 Å². The Bertz CT molecular complexity index is 615. The minimum absolute atomic E-state index is 0.432. The Morgan fingerprint density at radius 2 is 1.76 bits per heavy atom. The Kier molecular flexibility index (Phi) is 4.31. The fourth-order valence-corrected chi connectivity index (χ4v) is 2.43. The number of rotatable bonds is 4. The highest BCUT2D eigenvalue weighted by atomic mass is 79.9. The highest BCUT2D eigenvalue weighted by Crippen LogP contribution is 2.32. The summed E-state index contributed by atoms with van der Waals surface area (Å²) < 4.78 is 12.0.